The van der Waals surface area contributed by atoms with Gasteiger partial charge in [-0.05, 0) is 37.4 Å². The highest BCUT2D eigenvalue weighted by atomic mass is 19.4. The predicted molar refractivity (Wildman–Crippen MR) is 79.5 cm³/mol. The number of benzene rings is 1. The molecule has 1 saturated heterocycles. The summed E-state index contributed by atoms with van der Waals surface area (Å²) in [5.74, 6) is 0.405. The Labute approximate surface area is 124 Å². The Morgan fingerprint density at radius 2 is 2.00 bits per heavy atom. The number of rotatable bonds is 4. The van der Waals surface area contributed by atoms with Crippen molar-refractivity contribution >= 4 is 5.69 Å². The fraction of sp³-hybridized carbons (Fsp3) is 0.625. The first kappa shape index (κ1) is 16.1. The standard InChI is InChI=1S/C16H23F3N2/c1-12(2)20-10-13-6-5-9-21(11-13)15-8-4-3-7-14(15)16(17,18)19/h3-4,7-8,12-13,20H,5-6,9-11H2,1-2H3. The van der Waals surface area contributed by atoms with Crippen molar-refractivity contribution in [1.29, 1.82) is 0 Å². The maximum Gasteiger partial charge on any atom is 0.418 e. The van der Waals surface area contributed by atoms with E-state index in [4.69, 9.17) is 0 Å². The number of piperidine rings is 1. The van der Waals surface area contributed by atoms with Gasteiger partial charge in [-0.15, -0.1) is 0 Å². The van der Waals surface area contributed by atoms with E-state index >= 15 is 0 Å². The van der Waals surface area contributed by atoms with E-state index in [0.29, 0.717) is 30.7 Å². The zero-order valence-electron chi connectivity index (χ0n) is 12.6. The fourth-order valence-electron chi connectivity index (χ4n) is 2.84. The van der Waals surface area contributed by atoms with Crippen LogP contribution in [0.5, 0.6) is 0 Å². The van der Waals surface area contributed by atoms with Crippen molar-refractivity contribution in [2.24, 2.45) is 5.92 Å². The van der Waals surface area contributed by atoms with Crippen molar-refractivity contribution in [3.63, 3.8) is 0 Å². The van der Waals surface area contributed by atoms with Gasteiger partial charge in [-0.25, -0.2) is 0 Å². The lowest BCUT2D eigenvalue weighted by Crippen LogP contribution is -2.41. The Kier molecular flexibility index (Phi) is 5.14. The number of hydrogen-bond donors (Lipinski definition) is 1. The fourth-order valence-corrected chi connectivity index (χ4v) is 2.84. The minimum absolute atomic E-state index is 0.319. The van der Waals surface area contributed by atoms with Crippen LogP contribution in [0.3, 0.4) is 0 Å². The van der Waals surface area contributed by atoms with Crippen LogP contribution in [-0.4, -0.2) is 25.7 Å². The Morgan fingerprint density at radius 3 is 2.67 bits per heavy atom. The smallest absolute Gasteiger partial charge is 0.371 e. The van der Waals surface area contributed by atoms with E-state index in [1.165, 1.54) is 12.1 Å². The van der Waals surface area contributed by atoms with Gasteiger partial charge in [-0.3, -0.25) is 0 Å². The van der Waals surface area contributed by atoms with Gasteiger partial charge in [0.25, 0.3) is 0 Å². The van der Waals surface area contributed by atoms with Gasteiger partial charge >= 0.3 is 6.18 Å². The molecule has 1 aromatic carbocycles. The molecule has 0 aliphatic carbocycles. The third-order valence-electron chi connectivity index (χ3n) is 3.88. The first-order valence-corrected chi connectivity index (χ1v) is 7.52. The van der Waals surface area contributed by atoms with Crippen LogP contribution in [0.4, 0.5) is 18.9 Å². The van der Waals surface area contributed by atoms with Crippen LogP contribution in [0.2, 0.25) is 0 Å². The monoisotopic (exact) mass is 300 g/mol. The minimum atomic E-state index is -4.29. The van der Waals surface area contributed by atoms with Crippen LogP contribution in [0.1, 0.15) is 32.3 Å². The zero-order valence-corrected chi connectivity index (χ0v) is 12.6. The van der Waals surface area contributed by atoms with Crippen molar-refractivity contribution in [1.82, 2.24) is 5.32 Å². The van der Waals surface area contributed by atoms with E-state index in [1.54, 1.807) is 12.1 Å². The Balaban J connectivity index is 2.11. The van der Waals surface area contributed by atoms with Crippen molar-refractivity contribution in [3.8, 4) is 0 Å². The maximum absolute atomic E-state index is 13.1. The number of anilines is 1. The van der Waals surface area contributed by atoms with Gasteiger partial charge in [0.1, 0.15) is 0 Å². The molecule has 1 unspecified atom stereocenters. The molecule has 2 nitrogen and oxygen atoms in total. The Morgan fingerprint density at radius 1 is 1.29 bits per heavy atom. The summed E-state index contributed by atoms with van der Waals surface area (Å²) < 4.78 is 39.3. The number of nitrogens with zero attached hydrogens (tertiary/aromatic N) is 1. The molecular formula is C16H23F3N2. The lowest BCUT2D eigenvalue weighted by molar-refractivity contribution is -0.137. The normalized spacial score (nSPS) is 20.1. The number of nitrogens with one attached hydrogen (secondary N) is 1. The highest BCUT2D eigenvalue weighted by Crippen LogP contribution is 2.37. The van der Waals surface area contributed by atoms with Gasteiger partial charge < -0.3 is 10.2 Å². The quantitative estimate of drug-likeness (QED) is 0.906. The van der Waals surface area contributed by atoms with Crippen LogP contribution in [0.15, 0.2) is 24.3 Å². The van der Waals surface area contributed by atoms with Crippen molar-refractivity contribution < 1.29 is 13.2 Å². The van der Waals surface area contributed by atoms with Crippen LogP contribution in [0.25, 0.3) is 0 Å². The molecule has 118 valence electrons. The molecule has 1 fully saturated rings. The summed E-state index contributed by atoms with van der Waals surface area (Å²) in [6, 6.07) is 6.30. The summed E-state index contributed by atoms with van der Waals surface area (Å²) in [6.45, 7) is 6.42. The second-order valence-corrected chi connectivity index (χ2v) is 6.03. The average Bonchev–Trinajstić information content (AvgIpc) is 2.44. The Hall–Kier alpha value is -1.23. The molecule has 1 heterocycles. The van der Waals surface area contributed by atoms with Crippen LogP contribution in [-0.2, 0) is 6.18 Å². The first-order chi connectivity index (χ1) is 9.88. The van der Waals surface area contributed by atoms with Gasteiger partial charge in [0.2, 0.25) is 0 Å². The molecule has 0 saturated carbocycles. The number of alkyl halides is 3. The topological polar surface area (TPSA) is 15.3 Å². The molecular weight excluding hydrogens is 277 g/mol. The molecule has 0 radical (unpaired) electrons. The highest BCUT2D eigenvalue weighted by Gasteiger charge is 2.35. The number of hydrogen-bond acceptors (Lipinski definition) is 2. The van der Waals surface area contributed by atoms with E-state index in [2.05, 4.69) is 19.2 Å². The van der Waals surface area contributed by atoms with Crippen LogP contribution < -0.4 is 10.2 Å². The van der Waals surface area contributed by atoms with Crippen LogP contribution >= 0.6 is 0 Å². The van der Waals surface area contributed by atoms with Gasteiger partial charge in [0.15, 0.2) is 0 Å². The van der Waals surface area contributed by atoms with E-state index in [-0.39, 0.29) is 0 Å². The minimum Gasteiger partial charge on any atom is -0.371 e. The third-order valence-corrected chi connectivity index (χ3v) is 3.88. The molecule has 1 aliphatic rings. The SMILES string of the molecule is CC(C)NCC1CCCN(c2ccccc2C(F)(F)F)C1. The predicted octanol–water partition coefficient (Wildman–Crippen LogP) is 3.92. The molecule has 0 amide bonds. The first-order valence-electron chi connectivity index (χ1n) is 7.52. The van der Waals surface area contributed by atoms with Crippen molar-refractivity contribution in [3.05, 3.63) is 29.8 Å². The summed E-state index contributed by atoms with van der Waals surface area (Å²) in [4.78, 5) is 1.89. The largest absolute Gasteiger partial charge is 0.418 e. The van der Waals surface area contributed by atoms with Gasteiger partial charge in [0.05, 0.1) is 5.56 Å². The molecule has 5 heteroatoms. The number of para-hydroxylation sites is 1. The zero-order chi connectivity index (χ0) is 15.5. The Bertz CT molecular complexity index is 457. The van der Waals surface area contributed by atoms with Gasteiger partial charge in [-0.2, -0.15) is 13.2 Å². The lowest BCUT2D eigenvalue weighted by atomic mass is 9.96. The van der Waals surface area contributed by atoms with E-state index < -0.39 is 11.7 Å². The summed E-state index contributed by atoms with van der Waals surface area (Å²) in [7, 11) is 0. The molecule has 0 bridgehead atoms. The molecule has 1 atom stereocenters. The summed E-state index contributed by atoms with van der Waals surface area (Å²) in [6.07, 6.45) is -2.28. The van der Waals surface area contributed by atoms with E-state index in [0.717, 1.165) is 19.4 Å². The molecule has 21 heavy (non-hydrogen) atoms. The molecule has 0 aromatic heterocycles. The third kappa shape index (κ3) is 4.37. The van der Waals surface area contributed by atoms with Crippen LogP contribution in [0, 0.1) is 5.92 Å². The molecule has 2 rings (SSSR count). The molecule has 1 aliphatic heterocycles. The average molecular weight is 300 g/mol. The second kappa shape index (κ2) is 6.69. The summed E-state index contributed by atoms with van der Waals surface area (Å²) in [5.41, 5.74) is -0.207. The van der Waals surface area contributed by atoms with Gasteiger partial charge in [0, 0.05) is 24.8 Å². The molecule has 1 N–H and O–H groups in total. The summed E-state index contributed by atoms with van der Waals surface area (Å²) >= 11 is 0. The van der Waals surface area contributed by atoms with Gasteiger partial charge in [-0.1, -0.05) is 26.0 Å². The van der Waals surface area contributed by atoms with Crippen molar-refractivity contribution in [2.45, 2.75) is 38.9 Å². The molecule has 0 spiro atoms. The lowest BCUT2D eigenvalue weighted by Gasteiger charge is -2.36. The molecule has 1 aromatic rings. The van der Waals surface area contributed by atoms with Crippen molar-refractivity contribution in [2.75, 3.05) is 24.5 Å². The van der Waals surface area contributed by atoms with E-state index in [1.807, 2.05) is 4.90 Å². The second-order valence-electron chi connectivity index (χ2n) is 6.03. The summed E-state index contributed by atoms with van der Waals surface area (Å²) in [5, 5.41) is 3.38. The number of halogens is 3. The highest BCUT2D eigenvalue weighted by molar-refractivity contribution is 5.55. The maximum atomic E-state index is 13.1. The van der Waals surface area contributed by atoms with E-state index in [9.17, 15) is 13.2 Å².